The molecule has 0 unspecified atom stereocenters. The van der Waals surface area contributed by atoms with Crippen molar-refractivity contribution in [2.24, 2.45) is 5.10 Å². The van der Waals surface area contributed by atoms with Crippen molar-refractivity contribution < 1.29 is 22.7 Å². The average molecular weight is 558 g/mol. The Labute approximate surface area is 234 Å². The van der Waals surface area contributed by atoms with Gasteiger partial charge in [-0.1, -0.05) is 60.2 Å². The summed E-state index contributed by atoms with van der Waals surface area (Å²) >= 11 is 0. The summed E-state index contributed by atoms with van der Waals surface area (Å²) < 4.78 is 39.6. The number of hydrazone groups is 1. The molecule has 9 heteroatoms. The van der Waals surface area contributed by atoms with Crippen molar-refractivity contribution in [2.45, 2.75) is 30.9 Å². The maximum absolute atomic E-state index is 13.0. The van der Waals surface area contributed by atoms with Gasteiger partial charge in [0.2, 0.25) is 15.9 Å². The third kappa shape index (κ3) is 8.26. The van der Waals surface area contributed by atoms with Gasteiger partial charge in [0, 0.05) is 6.42 Å². The number of carbonyl (C=O) groups is 1. The van der Waals surface area contributed by atoms with Crippen LogP contribution in [0.2, 0.25) is 0 Å². The minimum Gasteiger partial charge on any atom is -0.497 e. The van der Waals surface area contributed by atoms with Gasteiger partial charge in [-0.2, -0.15) is 5.10 Å². The van der Waals surface area contributed by atoms with Gasteiger partial charge in [0.1, 0.15) is 18.1 Å². The maximum atomic E-state index is 13.0. The number of amides is 1. The highest BCUT2D eigenvalue weighted by Crippen LogP contribution is 2.21. The number of methoxy groups -OCH3 is 1. The van der Waals surface area contributed by atoms with Gasteiger partial charge in [-0.25, -0.2) is 18.6 Å². The van der Waals surface area contributed by atoms with E-state index in [0.29, 0.717) is 17.9 Å². The number of ether oxygens (including phenoxy) is 2. The minimum atomic E-state index is -3.85. The van der Waals surface area contributed by atoms with Gasteiger partial charge < -0.3 is 9.47 Å². The summed E-state index contributed by atoms with van der Waals surface area (Å²) in [6.07, 6.45) is 1.38. The Balaban J connectivity index is 1.33. The van der Waals surface area contributed by atoms with Gasteiger partial charge in [-0.15, -0.1) is 0 Å². The molecule has 0 bridgehead atoms. The van der Waals surface area contributed by atoms with E-state index in [2.05, 4.69) is 15.2 Å². The van der Waals surface area contributed by atoms with Crippen LogP contribution in [-0.2, 0) is 21.4 Å². The van der Waals surface area contributed by atoms with E-state index < -0.39 is 22.0 Å². The molecule has 4 aromatic rings. The Morgan fingerprint density at radius 2 is 1.52 bits per heavy atom. The van der Waals surface area contributed by atoms with Crippen molar-refractivity contribution in [1.82, 2.24) is 10.1 Å². The smallest absolute Gasteiger partial charge is 0.242 e. The lowest BCUT2D eigenvalue weighted by Crippen LogP contribution is -2.32. The molecule has 8 nitrogen and oxygen atoms in total. The Kier molecular flexibility index (Phi) is 9.66. The van der Waals surface area contributed by atoms with Gasteiger partial charge in [-0.05, 0) is 72.1 Å². The molecule has 0 spiro atoms. The monoisotopic (exact) mass is 557 g/mol. The van der Waals surface area contributed by atoms with Crippen LogP contribution in [0.3, 0.4) is 0 Å². The SMILES string of the molecule is COc1ccc(COc2ccc(/C=N\NC(=O)C[C@@H](NS(=O)(=O)c3ccc(C)cc3)c3ccccc3)cc2)cc1. The summed E-state index contributed by atoms with van der Waals surface area (Å²) in [6.45, 7) is 2.30. The molecule has 2 N–H and O–H groups in total. The topological polar surface area (TPSA) is 106 Å². The van der Waals surface area contributed by atoms with Crippen LogP contribution in [0, 0.1) is 6.92 Å². The number of aryl methyl sites for hydroxylation is 1. The molecule has 0 aliphatic carbocycles. The molecule has 0 aliphatic heterocycles. The lowest BCUT2D eigenvalue weighted by atomic mass is 10.0. The van der Waals surface area contributed by atoms with Gasteiger partial charge in [0.05, 0.1) is 24.3 Å². The maximum Gasteiger partial charge on any atom is 0.242 e. The fourth-order valence-electron chi connectivity index (χ4n) is 3.83. The van der Waals surface area contributed by atoms with Crippen molar-refractivity contribution in [2.75, 3.05) is 7.11 Å². The molecule has 40 heavy (non-hydrogen) atoms. The molecular weight excluding hydrogens is 526 g/mol. The molecular formula is C31H31N3O5S. The van der Waals surface area contributed by atoms with Crippen molar-refractivity contribution in [1.29, 1.82) is 0 Å². The first-order valence-electron chi connectivity index (χ1n) is 12.6. The predicted octanol–water partition coefficient (Wildman–Crippen LogP) is 5.14. The van der Waals surface area contributed by atoms with Crippen LogP contribution in [0.4, 0.5) is 0 Å². The number of nitrogens with zero attached hydrogens (tertiary/aromatic N) is 1. The zero-order valence-corrected chi connectivity index (χ0v) is 23.1. The molecule has 206 valence electrons. The highest BCUT2D eigenvalue weighted by Gasteiger charge is 2.23. The Hall–Kier alpha value is -4.47. The van der Waals surface area contributed by atoms with Crippen LogP contribution in [0.15, 0.2) is 113 Å². The normalized spacial score (nSPS) is 12.2. The molecule has 0 heterocycles. The van der Waals surface area contributed by atoms with Gasteiger partial charge >= 0.3 is 0 Å². The second-order valence-electron chi connectivity index (χ2n) is 9.10. The molecule has 0 radical (unpaired) electrons. The minimum absolute atomic E-state index is 0.133. The van der Waals surface area contributed by atoms with E-state index in [1.165, 1.54) is 6.21 Å². The summed E-state index contributed by atoms with van der Waals surface area (Å²) in [5.41, 5.74) is 5.89. The first-order chi connectivity index (χ1) is 19.3. The largest absolute Gasteiger partial charge is 0.497 e. The standard InChI is InChI=1S/C31H31N3O5S/c1-23-8-18-29(19-9-23)40(36,37)34-30(26-6-4-3-5-7-26)20-31(35)33-32-21-24-10-16-28(17-11-24)39-22-25-12-14-27(38-2)15-13-25/h3-19,21,30,34H,20,22H2,1-2H3,(H,33,35)/b32-21-/t30-/m1/s1. The molecule has 0 aromatic heterocycles. The lowest BCUT2D eigenvalue weighted by Gasteiger charge is -2.18. The summed E-state index contributed by atoms with van der Waals surface area (Å²) in [7, 11) is -2.22. The summed E-state index contributed by atoms with van der Waals surface area (Å²) in [6, 6.07) is 29.7. The number of hydrogen-bond donors (Lipinski definition) is 2. The van der Waals surface area contributed by atoms with Crippen LogP contribution in [0.1, 0.15) is 34.7 Å². The Morgan fingerprint density at radius 1 is 0.875 bits per heavy atom. The molecule has 0 saturated carbocycles. The highest BCUT2D eigenvalue weighted by molar-refractivity contribution is 7.89. The number of rotatable bonds is 12. The van der Waals surface area contributed by atoms with Crippen LogP contribution >= 0.6 is 0 Å². The van der Waals surface area contributed by atoms with E-state index >= 15 is 0 Å². The second kappa shape index (κ2) is 13.5. The third-order valence-electron chi connectivity index (χ3n) is 6.07. The summed E-state index contributed by atoms with van der Waals surface area (Å²) in [5, 5.41) is 4.04. The molecule has 1 atom stereocenters. The number of benzene rings is 4. The molecule has 4 aromatic carbocycles. The molecule has 0 aliphatic rings. The van der Waals surface area contributed by atoms with E-state index in [4.69, 9.17) is 9.47 Å². The van der Waals surface area contributed by atoms with Crippen molar-refractivity contribution >= 4 is 22.1 Å². The average Bonchev–Trinajstić information content (AvgIpc) is 2.97. The molecule has 0 fully saturated rings. The van der Waals surface area contributed by atoms with E-state index in [9.17, 15) is 13.2 Å². The van der Waals surface area contributed by atoms with E-state index in [-0.39, 0.29) is 11.3 Å². The van der Waals surface area contributed by atoms with Crippen LogP contribution in [-0.4, -0.2) is 27.6 Å². The first kappa shape index (κ1) is 28.5. The van der Waals surface area contributed by atoms with Crippen molar-refractivity contribution in [3.05, 3.63) is 125 Å². The molecule has 4 rings (SSSR count). The first-order valence-corrected chi connectivity index (χ1v) is 14.1. The van der Waals surface area contributed by atoms with Crippen molar-refractivity contribution in [3.8, 4) is 11.5 Å². The lowest BCUT2D eigenvalue weighted by molar-refractivity contribution is -0.121. The zero-order chi connectivity index (χ0) is 28.4. The summed E-state index contributed by atoms with van der Waals surface area (Å²) in [5.74, 6) is 1.05. The fraction of sp³-hybridized carbons (Fsp3) is 0.161. The molecule has 0 saturated heterocycles. The van der Waals surface area contributed by atoms with E-state index in [0.717, 1.165) is 22.4 Å². The predicted molar refractivity (Wildman–Crippen MR) is 155 cm³/mol. The Bertz CT molecular complexity index is 1520. The van der Waals surface area contributed by atoms with Gasteiger partial charge in [0.15, 0.2) is 0 Å². The second-order valence-corrected chi connectivity index (χ2v) is 10.8. The third-order valence-corrected chi connectivity index (χ3v) is 7.56. The van der Waals surface area contributed by atoms with E-state index in [1.807, 2.05) is 61.5 Å². The number of carbonyl (C=O) groups excluding carboxylic acids is 1. The Morgan fingerprint density at radius 3 is 2.17 bits per heavy atom. The summed E-state index contributed by atoms with van der Waals surface area (Å²) in [4.78, 5) is 12.8. The van der Waals surface area contributed by atoms with Crippen LogP contribution in [0.25, 0.3) is 0 Å². The van der Waals surface area contributed by atoms with Crippen LogP contribution < -0.4 is 19.6 Å². The van der Waals surface area contributed by atoms with E-state index in [1.54, 1.807) is 55.6 Å². The van der Waals surface area contributed by atoms with Crippen LogP contribution in [0.5, 0.6) is 11.5 Å². The quantitative estimate of drug-likeness (QED) is 0.185. The molecule has 1 amide bonds. The van der Waals surface area contributed by atoms with Gasteiger partial charge in [-0.3, -0.25) is 4.79 Å². The zero-order valence-electron chi connectivity index (χ0n) is 22.3. The van der Waals surface area contributed by atoms with Gasteiger partial charge in [0.25, 0.3) is 0 Å². The number of sulfonamides is 1. The highest BCUT2D eigenvalue weighted by atomic mass is 32.2. The fourth-order valence-corrected chi connectivity index (χ4v) is 5.06. The van der Waals surface area contributed by atoms with Crippen molar-refractivity contribution in [3.63, 3.8) is 0 Å². The number of nitrogens with one attached hydrogen (secondary N) is 2. The number of hydrogen-bond acceptors (Lipinski definition) is 6.